The summed E-state index contributed by atoms with van der Waals surface area (Å²) in [6.07, 6.45) is 0. The molecule has 0 radical (unpaired) electrons. The van der Waals surface area contributed by atoms with Gasteiger partial charge in [0.2, 0.25) is 0 Å². The van der Waals surface area contributed by atoms with E-state index in [1.54, 1.807) is 0 Å². The minimum Gasteiger partial charge on any atom is -0.310 e. The van der Waals surface area contributed by atoms with Gasteiger partial charge in [0.05, 0.1) is 0 Å². The van der Waals surface area contributed by atoms with Crippen LogP contribution >= 0.6 is 15.9 Å². The van der Waals surface area contributed by atoms with Gasteiger partial charge < -0.3 is 4.90 Å². The van der Waals surface area contributed by atoms with Crippen molar-refractivity contribution in [1.29, 1.82) is 0 Å². The van der Waals surface area contributed by atoms with Gasteiger partial charge in [-0.25, -0.2) is 0 Å². The van der Waals surface area contributed by atoms with E-state index in [0.29, 0.717) is 0 Å². The van der Waals surface area contributed by atoms with Gasteiger partial charge in [-0.05, 0) is 87.3 Å². The molecule has 0 heterocycles. The van der Waals surface area contributed by atoms with E-state index < -0.39 is 0 Å². The lowest BCUT2D eigenvalue weighted by Gasteiger charge is -2.26. The smallest absolute Gasteiger partial charge is 0.0468 e. The zero-order valence-electron chi connectivity index (χ0n) is 18.5. The molecular weight excluding hydrogens is 478 g/mol. The Balaban J connectivity index is 1.59. The Bertz CT molecular complexity index is 1550. The standard InChI is InChI=1S/C32H22BrN/c33-25-18-15-23(16-19-25)31-21-24-17-20-28(22-32(24)30-14-8-7-13-29(30)31)34(26-9-3-1-4-10-26)27-11-5-2-6-12-27/h1-22H. The fourth-order valence-electron chi connectivity index (χ4n) is 4.70. The van der Waals surface area contributed by atoms with Gasteiger partial charge in [0.15, 0.2) is 0 Å². The molecule has 0 aliphatic rings. The Labute approximate surface area is 208 Å². The quantitative estimate of drug-likeness (QED) is 0.218. The molecule has 6 aromatic carbocycles. The van der Waals surface area contributed by atoms with Gasteiger partial charge in [0, 0.05) is 21.5 Å². The van der Waals surface area contributed by atoms with Gasteiger partial charge in [-0.15, -0.1) is 0 Å². The molecule has 0 unspecified atom stereocenters. The first-order valence-corrected chi connectivity index (χ1v) is 12.2. The Morgan fingerprint density at radius 3 is 1.68 bits per heavy atom. The summed E-state index contributed by atoms with van der Waals surface area (Å²) in [4.78, 5) is 2.32. The van der Waals surface area contributed by atoms with E-state index in [1.165, 1.54) is 32.7 Å². The maximum Gasteiger partial charge on any atom is 0.0468 e. The van der Waals surface area contributed by atoms with Crippen molar-refractivity contribution < 1.29 is 0 Å². The van der Waals surface area contributed by atoms with Gasteiger partial charge in [0.25, 0.3) is 0 Å². The van der Waals surface area contributed by atoms with Gasteiger partial charge in [-0.3, -0.25) is 0 Å². The number of halogens is 1. The third kappa shape index (κ3) is 3.76. The summed E-state index contributed by atoms with van der Waals surface area (Å²) in [7, 11) is 0. The third-order valence-corrected chi connectivity index (χ3v) is 6.81. The molecule has 0 aliphatic heterocycles. The lowest BCUT2D eigenvalue weighted by atomic mass is 9.93. The van der Waals surface area contributed by atoms with Crippen molar-refractivity contribution in [3.63, 3.8) is 0 Å². The Morgan fingerprint density at radius 2 is 1.03 bits per heavy atom. The van der Waals surface area contributed by atoms with E-state index in [9.17, 15) is 0 Å². The van der Waals surface area contributed by atoms with Crippen LogP contribution in [0.3, 0.4) is 0 Å². The molecular formula is C32H22BrN. The van der Waals surface area contributed by atoms with E-state index in [2.05, 4.69) is 154 Å². The van der Waals surface area contributed by atoms with Gasteiger partial charge >= 0.3 is 0 Å². The van der Waals surface area contributed by atoms with Crippen LogP contribution in [0.1, 0.15) is 0 Å². The van der Waals surface area contributed by atoms with Gasteiger partial charge in [-0.2, -0.15) is 0 Å². The molecule has 6 rings (SSSR count). The number of hydrogen-bond acceptors (Lipinski definition) is 1. The molecule has 162 valence electrons. The Morgan fingerprint density at radius 1 is 0.441 bits per heavy atom. The first-order valence-electron chi connectivity index (χ1n) is 11.4. The van der Waals surface area contributed by atoms with Crippen LogP contribution in [0.5, 0.6) is 0 Å². The molecule has 0 amide bonds. The maximum atomic E-state index is 3.56. The highest BCUT2D eigenvalue weighted by Gasteiger charge is 2.14. The van der Waals surface area contributed by atoms with Gasteiger partial charge in [0.1, 0.15) is 0 Å². The molecule has 0 saturated heterocycles. The predicted octanol–water partition coefficient (Wildman–Crippen LogP) is 9.89. The second-order valence-corrected chi connectivity index (χ2v) is 9.30. The molecule has 0 atom stereocenters. The van der Waals surface area contributed by atoms with Crippen LogP contribution in [0.15, 0.2) is 138 Å². The predicted molar refractivity (Wildman–Crippen MR) is 149 cm³/mol. The zero-order chi connectivity index (χ0) is 22.9. The van der Waals surface area contributed by atoms with Crippen LogP contribution in [0.2, 0.25) is 0 Å². The molecule has 2 heteroatoms. The number of rotatable bonds is 4. The second kappa shape index (κ2) is 8.81. The molecule has 0 spiro atoms. The molecule has 0 bridgehead atoms. The van der Waals surface area contributed by atoms with Crippen LogP contribution in [0.25, 0.3) is 32.7 Å². The lowest BCUT2D eigenvalue weighted by Crippen LogP contribution is -2.09. The minimum atomic E-state index is 1.09. The van der Waals surface area contributed by atoms with Crippen molar-refractivity contribution in [3.8, 4) is 11.1 Å². The van der Waals surface area contributed by atoms with E-state index in [1.807, 2.05) is 0 Å². The first-order chi connectivity index (χ1) is 16.8. The Hall–Kier alpha value is -3.88. The van der Waals surface area contributed by atoms with Crippen molar-refractivity contribution in [2.75, 3.05) is 4.90 Å². The van der Waals surface area contributed by atoms with Gasteiger partial charge in [-0.1, -0.05) is 94.8 Å². The third-order valence-electron chi connectivity index (χ3n) is 6.29. The number of nitrogens with zero attached hydrogens (tertiary/aromatic N) is 1. The number of benzene rings is 6. The molecule has 1 nitrogen and oxygen atoms in total. The molecule has 0 aromatic heterocycles. The summed E-state index contributed by atoms with van der Waals surface area (Å²) >= 11 is 3.56. The molecule has 0 N–H and O–H groups in total. The summed E-state index contributed by atoms with van der Waals surface area (Å²) in [5.41, 5.74) is 5.91. The van der Waals surface area contributed by atoms with Crippen molar-refractivity contribution in [2.24, 2.45) is 0 Å². The van der Waals surface area contributed by atoms with Crippen LogP contribution in [0.4, 0.5) is 17.1 Å². The highest BCUT2D eigenvalue weighted by Crippen LogP contribution is 2.40. The highest BCUT2D eigenvalue weighted by molar-refractivity contribution is 9.10. The molecule has 0 saturated carbocycles. The van der Waals surface area contributed by atoms with Crippen molar-refractivity contribution in [2.45, 2.75) is 0 Å². The molecule has 0 aliphatic carbocycles. The normalized spacial score (nSPS) is 11.1. The fraction of sp³-hybridized carbons (Fsp3) is 0. The van der Waals surface area contributed by atoms with E-state index in [-0.39, 0.29) is 0 Å². The number of fused-ring (bicyclic) bond motifs is 3. The molecule has 34 heavy (non-hydrogen) atoms. The topological polar surface area (TPSA) is 3.24 Å². The number of anilines is 3. The zero-order valence-corrected chi connectivity index (χ0v) is 20.1. The average molecular weight is 500 g/mol. The fourth-order valence-corrected chi connectivity index (χ4v) is 4.96. The summed E-state index contributed by atoms with van der Waals surface area (Å²) in [5.74, 6) is 0. The summed E-state index contributed by atoms with van der Waals surface area (Å²) < 4.78 is 1.09. The molecule has 0 fully saturated rings. The van der Waals surface area contributed by atoms with Crippen molar-refractivity contribution in [1.82, 2.24) is 0 Å². The summed E-state index contributed by atoms with van der Waals surface area (Å²) in [6, 6.07) is 47.5. The number of para-hydroxylation sites is 2. The largest absolute Gasteiger partial charge is 0.310 e. The summed E-state index contributed by atoms with van der Waals surface area (Å²) in [5, 5.41) is 5.02. The van der Waals surface area contributed by atoms with Crippen LogP contribution in [-0.4, -0.2) is 0 Å². The van der Waals surface area contributed by atoms with E-state index in [0.717, 1.165) is 21.5 Å². The number of hydrogen-bond donors (Lipinski definition) is 0. The van der Waals surface area contributed by atoms with Crippen molar-refractivity contribution in [3.05, 3.63) is 138 Å². The summed E-state index contributed by atoms with van der Waals surface area (Å²) in [6.45, 7) is 0. The van der Waals surface area contributed by atoms with Crippen molar-refractivity contribution >= 4 is 54.5 Å². The second-order valence-electron chi connectivity index (χ2n) is 8.39. The highest BCUT2D eigenvalue weighted by atomic mass is 79.9. The maximum absolute atomic E-state index is 3.56. The first kappa shape index (κ1) is 20.7. The van der Waals surface area contributed by atoms with Crippen LogP contribution < -0.4 is 4.90 Å². The molecule has 6 aromatic rings. The Kier molecular flexibility index (Phi) is 5.37. The minimum absolute atomic E-state index is 1.09. The average Bonchev–Trinajstić information content (AvgIpc) is 2.90. The van der Waals surface area contributed by atoms with Crippen LogP contribution in [-0.2, 0) is 0 Å². The van der Waals surface area contributed by atoms with E-state index in [4.69, 9.17) is 0 Å². The SMILES string of the molecule is Brc1ccc(-c2cc3ccc(N(c4ccccc4)c4ccccc4)cc3c3ccccc23)cc1. The van der Waals surface area contributed by atoms with E-state index >= 15 is 0 Å². The lowest BCUT2D eigenvalue weighted by molar-refractivity contribution is 1.29. The monoisotopic (exact) mass is 499 g/mol. The van der Waals surface area contributed by atoms with Crippen LogP contribution in [0, 0.1) is 0 Å².